The summed E-state index contributed by atoms with van der Waals surface area (Å²) in [5, 5.41) is 5.18. The monoisotopic (exact) mass is 471 g/mol. The molecule has 0 radical (unpaired) electrons. The highest BCUT2D eigenvalue weighted by molar-refractivity contribution is 7.89. The second-order valence-electron chi connectivity index (χ2n) is 8.23. The number of sulfonamides is 1. The Balaban J connectivity index is 1.50. The summed E-state index contributed by atoms with van der Waals surface area (Å²) in [6, 6.07) is 14.3. The topological polar surface area (TPSA) is 94.6 Å². The van der Waals surface area contributed by atoms with Crippen molar-refractivity contribution in [1.29, 1.82) is 0 Å². The zero-order valence-electron chi connectivity index (χ0n) is 18.5. The molecule has 7 nitrogen and oxygen atoms in total. The van der Waals surface area contributed by atoms with Crippen molar-refractivity contribution in [3.8, 4) is 5.69 Å². The SMILES string of the molecule is Cc1cc(C(=O)CN2CCOC(c3ccc(F)cc3)C2)c(C)n1-c1ccc(S(N)(=O)=O)cc1. The third-order valence-corrected chi connectivity index (χ3v) is 6.84. The summed E-state index contributed by atoms with van der Waals surface area (Å²) < 4.78 is 44.0. The molecule has 4 rings (SSSR count). The van der Waals surface area contributed by atoms with Gasteiger partial charge in [0.15, 0.2) is 5.78 Å². The fourth-order valence-electron chi connectivity index (χ4n) is 4.24. The Morgan fingerprint density at radius 3 is 2.42 bits per heavy atom. The third-order valence-electron chi connectivity index (χ3n) is 5.91. The van der Waals surface area contributed by atoms with Gasteiger partial charge in [0.05, 0.1) is 24.2 Å². The number of Topliss-reactive ketones (excluding diaryl/α,β-unsaturated/α-hetero) is 1. The van der Waals surface area contributed by atoms with E-state index in [1.807, 2.05) is 29.4 Å². The Kier molecular flexibility index (Phi) is 6.49. The van der Waals surface area contributed by atoms with Crippen LogP contribution in [-0.2, 0) is 14.8 Å². The first-order chi connectivity index (χ1) is 15.6. The molecule has 0 amide bonds. The Morgan fingerprint density at radius 1 is 1.12 bits per heavy atom. The van der Waals surface area contributed by atoms with E-state index in [0.717, 1.165) is 22.6 Å². The van der Waals surface area contributed by atoms with Crippen molar-refractivity contribution in [3.63, 3.8) is 0 Å². The van der Waals surface area contributed by atoms with Crippen molar-refractivity contribution < 1.29 is 22.3 Å². The van der Waals surface area contributed by atoms with Gasteiger partial charge in [-0.3, -0.25) is 9.69 Å². The van der Waals surface area contributed by atoms with Crippen LogP contribution >= 0.6 is 0 Å². The first-order valence-electron chi connectivity index (χ1n) is 10.6. The van der Waals surface area contributed by atoms with Crippen molar-refractivity contribution in [2.75, 3.05) is 26.2 Å². The molecule has 1 atom stereocenters. The fourth-order valence-corrected chi connectivity index (χ4v) is 4.76. The van der Waals surface area contributed by atoms with Gasteiger partial charge in [0, 0.05) is 35.7 Å². The van der Waals surface area contributed by atoms with Crippen LogP contribution in [0.5, 0.6) is 0 Å². The van der Waals surface area contributed by atoms with E-state index in [-0.39, 0.29) is 29.1 Å². The lowest BCUT2D eigenvalue weighted by molar-refractivity contribution is -0.0275. The number of aromatic nitrogens is 1. The average molecular weight is 472 g/mol. The molecule has 9 heteroatoms. The number of ketones is 1. The number of morpholine rings is 1. The first kappa shape index (κ1) is 23.3. The minimum absolute atomic E-state index is 0.00439. The normalized spacial score (nSPS) is 17.3. The lowest BCUT2D eigenvalue weighted by Crippen LogP contribution is -2.41. The van der Waals surface area contributed by atoms with Gasteiger partial charge >= 0.3 is 0 Å². The Hall–Kier alpha value is -2.85. The molecular weight excluding hydrogens is 445 g/mol. The molecule has 1 unspecified atom stereocenters. The zero-order valence-corrected chi connectivity index (χ0v) is 19.3. The van der Waals surface area contributed by atoms with Gasteiger partial charge in [-0.15, -0.1) is 0 Å². The molecule has 2 N–H and O–H groups in total. The minimum atomic E-state index is -3.77. The average Bonchev–Trinajstić information content (AvgIpc) is 3.08. The Labute approximate surface area is 192 Å². The largest absolute Gasteiger partial charge is 0.371 e. The zero-order chi connectivity index (χ0) is 23.8. The van der Waals surface area contributed by atoms with E-state index in [2.05, 4.69) is 0 Å². The molecule has 0 aliphatic carbocycles. The number of ether oxygens (including phenoxy) is 1. The predicted octanol–water partition coefficient (Wildman–Crippen LogP) is 3.14. The number of primary sulfonamides is 1. The molecule has 2 aromatic carbocycles. The molecule has 1 saturated heterocycles. The summed E-state index contributed by atoms with van der Waals surface area (Å²) in [6.07, 6.45) is -0.211. The summed E-state index contributed by atoms with van der Waals surface area (Å²) in [5.41, 5.74) is 3.90. The van der Waals surface area contributed by atoms with Gasteiger partial charge in [-0.25, -0.2) is 17.9 Å². The summed E-state index contributed by atoms with van der Waals surface area (Å²) in [5.74, 6) is -0.300. The van der Waals surface area contributed by atoms with Crippen LogP contribution in [0.15, 0.2) is 59.5 Å². The van der Waals surface area contributed by atoms with Crippen LogP contribution in [0, 0.1) is 19.7 Å². The molecule has 3 aromatic rings. The molecule has 174 valence electrons. The first-order valence-corrected chi connectivity index (χ1v) is 12.1. The number of hydrogen-bond donors (Lipinski definition) is 1. The minimum Gasteiger partial charge on any atom is -0.371 e. The maximum atomic E-state index is 13.2. The molecule has 2 heterocycles. The van der Waals surface area contributed by atoms with Crippen LogP contribution in [0.1, 0.15) is 33.4 Å². The Bertz CT molecular complexity index is 1270. The standard InChI is InChI=1S/C24H26FN3O4S/c1-16-13-22(17(2)28(16)20-7-9-21(10-8-20)33(26,30)31)23(29)14-27-11-12-32-24(15-27)18-3-5-19(25)6-4-18/h3-10,13,24H,11-12,14-15H2,1-2H3,(H2,26,30,31). The maximum Gasteiger partial charge on any atom is 0.238 e. The fraction of sp³-hybridized carbons (Fsp3) is 0.292. The smallest absolute Gasteiger partial charge is 0.238 e. The molecule has 1 aliphatic rings. The van der Waals surface area contributed by atoms with Crippen LogP contribution in [0.3, 0.4) is 0 Å². The number of nitrogens with two attached hydrogens (primary N) is 1. The maximum absolute atomic E-state index is 13.2. The lowest BCUT2D eigenvalue weighted by Gasteiger charge is -2.32. The molecule has 0 bridgehead atoms. The molecular formula is C24H26FN3O4S. The van der Waals surface area contributed by atoms with Gasteiger partial charge in [-0.2, -0.15) is 0 Å². The molecule has 0 spiro atoms. The van der Waals surface area contributed by atoms with Crippen LogP contribution in [0.25, 0.3) is 5.69 Å². The quantitative estimate of drug-likeness (QED) is 0.558. The van der Waals surface area contributed by atoms with E-state index in [1.165, 1.54) is 24.3 Å². The van der Waals surface area contributed by atoms with Gasteiger partial charge < -0.3 is 9.30 Å². The van der Waals surface area contributed by atoms with Crippen LogP contribution in [0.4, 0.5) is 4.39 Å². The van der Waals surface area contributed by atoms with Crippen LogP contribution < -0.4 is 5.14 Å². The highest BCUT2D eigenvalue weighted by Gasteiger charge is 2.25. The second-order valence-corrected chi connectivity index (χ2v) is 9.79. The number of halogens is 1. The number of carbonyl (C=O) groups excluding carboxylic acids is 1. The highest BCUT2D eigenvalue weighted by atomic mass is 32.2. The second kappa shape index (κ2) is 9.18. The van der Waals surface area contributed by atoms with Crippen molar-refractivity contribution in [2.45, 2.75) is 24.8 Å². The molecule has 1 fully saturated rings. The van der Waals surface area contributed by atoms with Gasteiger partial charge in [-0.1, -0.05) is 12.1 Å². The predicted molar refractivity (Wildman–Crippen MR) is 122 cm³/mol. The van der Waals surface area contributed by atoms with Crippen LogP contribution in [-0.4, -0.2) is 49.9 Å². The van der Waals surface area contributed by atoms with E-state index >= 15 is 0 Å². The summed E-state index contributed by atoms with van der Waals surface area (Å²) in [7, 11) is -3.77. The van der Waals surface area contributed by atoms with E-state index in [9.17, 15) is 17.6 Å². The molecule has 0 saturated carbocycles. The van der Waals surface area contributed by atoms with Crippen LogP contribution in [0.2, 0.25) is 0 Å². The van der Waals surface area contributed by atoms with Gasteiger partial charge in [0.2, 0.25) is 10.0 Å². The molecule has 1 aliphatic heterocycles. The van der Waals surface area contributed by atoms with E-state index in [4.69, 9.17) is 9.88 Å². The van der Waals surface area contributed by atoms with Crippen molar-refractivity contribution in [2.24, 2.45) is 5.14 Å². The highest BCUT2D eigenvalue weighted by Crippen LogP contribution is 2.25. The molecule has 33 heavy (non-hydrogen) atoms. The third kappa shape index (κ3) is 5.06. The van der Waals surface area contributed by atoms with Gasteiger partial charge in [0.25, 0.3) is 0 Å². The van der Waals surface area contributed by atoms with E-state index < -0.39 is 10.0 Å². The van der Waals surface area contributed by atoms with E-state index in [1.54, 1.807) is 24.3 Å². The van der Waals surface area contributed by atoms with E-state index in [0.29, 0.717) is 25.3 Å². The number of carbonyl (C=O) groups is 1. The summed E-state index contributed by atoms with van der Waals surface area (Å²) >= 11 is 0. The number of rotatable bonds is 6. The van der Waals surface area contributed by atoms with Gasteiger partial charge in [0.1, 0.15) is 5.82 Å². The summed E-state index contributed by atoms with van der Waals surface area (Å²) in [6.45, 7) is 5.69. The van der Waals surface area contributed by atoms with Crippen molar-refractivity contribution in [1.82, 2.24) is 9.47 Å². The molecule has 1 aromatic heterocycles. The number of hydrogen-bond acceptors (Lipinski definition) is 5. The number of aryl methyl sites for hydroxylation is 1. The Morgan fingerprint density at radius 2 is 1.79 bits per heavy atom. The number of nitrogens with zero attached hydrogens (tertiary/aromatic N) is 2. The van der Waals surface area contributed by atoms with Crippen molar-refractivity contribution >= 4 is 15.8 Å². The van der Waals surface area contributed by atoms with Gasteiger partial charge in [-0.05, 0) is 61.9 Å². The number of benzene rings is 2. The summed E-state index contributed by atoms with van der Waals surface area (Å²) in [4.78, 5) is 15.2. The van der Waals surface area contributed by atoms with Crippen molar-refractivity contribution in [3.05, 3.63) is 82.9 Å². The lowest BCUT2D eigenvalue weighted by atomic mass is 10.1.